The Morgan fingerprint density at radius 3 is 1.92 bits per heavy atom. The van der Waals surface area contributed by atoms with Crippen molar-refractivity contribution in [1.82, 2.24) is 0 Å². The lowest BCUT2D eigenvalue weighted by Gasteiger charge is -2.31. The van der Waals surface area contributed by atoms with E-state index in [9.17, 15) is 0 Å². The predicted molar refractivity (Wildman–Crippen MR) is 209 cm³/mol. The van der Waals surface area contributed by atoms with Gasteiger partial charge in [0.2, 0.25) is 0 Å². The second kappa shape index (κ2) is 12.2. The van der Waals surface area contributed by atoms with Gasteiger partial charge in [-0.3, -0.25) is 0 Å². The van der Waals surface area contributed by atoms with Gasteiger partial charge in [-0.15, -0.1) is 0 Å². The number of anilines is 2. The monoisotopic (exact) mass is 657 g/mol. The molecule has 2 aliphatic carbocycles. The molecule has 244 valence electrons. The Morgan fingerprint density at radius 2 is 1.14 bits per heavy atom. The molecular weight excluding hydrogens is 623 g/mol. The van der Waals surface area contributed by atoms with Crippen LogP contribution < -0.4 is 9.64 Å². The van der Waals surface area contributed by atoms with E-state index < -0.39 is 0 Å². The van der Waals surface area contributed by atoms with Gasteiger partial charge in [0, 0.05) is 39.3 Å². The Labute approximate surface area is 297 Å². The van der Waals surface area contributed by atoms with E-state index in [1.165, 1.54) is 44.7 Å². The third kappa shape index (κ3) is 5.30. The Bertz CT molecular complexity index is 2570. The zero-order chi connectivity index (χ0) is 33.7. The van der Waals surface area contributed by atoms with Gasteiger partial charge < -0.3 is 14.1 Å². The number of allylic oxidation sites excluding steroid dienone is 8. The lowest BCUT2D eigenvalue weighted by molar-refractivity contribution is 0.423. The summed E-state index contributed by atoms with van der Waals surface area (Å²) in [4.78, 5) is 2.42. The summed E-state index contributed by atoms with van der Waals surface area (Å²) >= 11 is 0. The number of furan rings is 1. The number of rotatable bonds is 6. The molecule has 2 heterocycles. The van der Waals surface area contributed by atoms with Crippen LogP contribution in [-0.4, -0.2) is 0 Å². The van der Waals surface area contributed by atoms with E-state index in [1.54, 1.807) is 0 Å². The molecule has 3 aliphatic rings. The minimum absolute atomic E-state index is 0.304. The summed E-state index contributed by atoms with van der Waals surface area (Å²) in [5.41, 5.74) is 14.3. The summed E-state index contributed by atoms with van der Waals surface area (Å²) < 4.78 is 12.3. The van der Waals surface area contributed by atoms with Crippen LogP contribution in [0.2, 0.25) is 0 Å². The first-order chi connectivity index (χ1) is 25.2. The normalized spacial score (nSPS) is 16.4. The Hall–Kier alpha value is -6.32. The van der Waals surface area contributed by atoms with E-state index in [4.69, 9.17) is 9.15 Å². The minimum atomic E-state index is 0.304. The summed E-state index contributed by atoms with van der Waals surface area (Å²) in [6.45, 7) is 0. The third-order valence-corrected chi connectivity index (χ3v) is 10.6. The standard InChI is InChI=1S/C48H35NO2/c1-2-8-32(9-3-1)33-14-22-38(23-15-33)49(39-24-16-34(17-25-39)36-20-28-47-43(30-36)41-10-4-6-12-45(41)50-47)40-26-18-35(19-27-40)37-21-29-48-44(31-37)42-11-5-7-13-46(42)51-48/h1-18,20-26,28-30,44H,19,27,31H2. The quantitative estimate of drug-likeness (QED) is 0.178. The fourth-order valence-corrected chi connectivity index (χ4v) is 7.99. The van der Waals surface area contributed by atoms with Crippen molar-refractivity contribution in [3.8, 4) is 28.0 Å². The number of hydrogen-bond donors (Lipinski definition) is 0. The van der Waals surface area contributed by atoms with Crippen molar-refractivity contribution in [3.05, 3.63) is 198 Å². The average Bonchev–Trinajstić information content (AvgIpc) is 3.77. The molecule has 0 saturated carbocycles. The van der Waals surface area contributed by atoms with E-state index in [-0.39, 0.29) is 0 Å². The smallest absolute Gasteiger partial charge is 0.135 e. The lowest BCUT2D eigenvalue weighted by atomic mass is 9.83. The number of benzene rings is 6. The largest absolute Gasteiger partial charge is 0.461 e. The SMILES string of the molecule is C1=C(C2=CC=C3Oc4ccccc4C3C2)CCC(N(c2ccc(-c3ccccc3)cc2)c2ccc(-c3ccc4oc5ccccc5c4c3)cc2)=C1. The van der Waals surface area contributed by atoms with Crippen LogP contribution in [0, 0.1) is 0 Å². The molecule has 51 heavy (non-hydrogen) atoms. The molecule has 3 nitrogen and oxygen atoms in total. The zero-order valence-corrected chi connectivity index (χ0v) is 28.1. The fourth-order valence-electron chi connectivity index (χ4n) is 7.99. The molecule has 1 aliphatic heterocycles. The van der Waals surface area contributed by atoms with Crippen LogP contribution in [0.3, 0.4) is 0 Å². The topological polar surface area (TPSA) is 25.6 Å². The van der Waals surface area contributed by atoms with Crippen LogP contribution in [0.1, 0.15) is 30.7 Å². The zero-order valence-electron chi connectivity index (χ0n) is 28.1. The number of nitrogens with zero attached hydrogens (tertiary/aromatic N) is 1. The molecule has 6 aromatic carbocycles. The highest BCUT2D eigenvalue weighted by Gasteiger charge is 2.32. The van der Waals surface area contributed by atoms with Crippen molar-refractivity contribution in [2.24, 2.45) is 0 Å². The number of hydrogen-bond acceptors (Lipinski definition) is 3. The van der Waals surface area contributed by atoms with Crippen LogP contribution in [-0.2, 0) is 0 Å². The van der Waals surface area contributed by atoms with Gasteiger partial charge in [-0.05, 0) is 113 Å². The van der Waals surface area contributed by atoms with Crippen LogP contribution in [0.15, 0.2) is 197 Å². The Kier molecular flexibility index (Phi) is 7.09. The summed E-state index contributed by atoms with van der Waals surface area (Å²) in [6.07, 6.45) is 12.0. The van der Waals surface area contributed by atoms with Gasteiger partial charge in [0.25, 0.3) is 0 Å². The Morgan fingerprint density at radius 1 is 0.490 bits per heavy atom. The highest BCUT2D eigenvalue weighted by atomic mass is 16.5. The van der Waals surface area contributed by atoms with Gasteiger partial charge in [0.15, 0.2) is 0 Å². The number of para-hydroxylation sites is 2. The summed E-state index contributed by atoms with van der Waals surface area (Å²) in [7, 11) is 0. The van der Waals surface area contributed by atoms with Gasteiger partial charge in [-0.1, -0.05) is 109 Å². The number of ether oxygens (including phenoxy) is 1. The van der Waals surface area contributed by atoms with Gasteiger partial charge in [0.1, 0.15) is 22.7 Å². The first-order valence-electron chi connectivity index (χ1n) is 17.8. The maximum Gasteiger partial charge on any atom is 0.135 e. The second-order valence-corrected chi connectivity index (χ2v) is 13.6. The van der Waals surface area contributed by atoms with Gasteiger partial charge in [-0.25, -0.2) is 0 Å². The van der Waals surface area contributed by atoms with Gasteiger partial charge >= 0.3 is 0 Å². The molecule has 0 N–H and O–H groups in total. The first kappa shape index (κ1) is 29.6. The van der Waals surface area contributed by atoms with Crippen molar-refractivity contribution in [2.45, 2.75) is 25.2 Å². The van der Waals surface area contributed by atoms with Crippen molar-refractivity contribution in [3.63, 3.8) is 0 Å². The maximum absolute atomic E-state index is 6.17. The molecule has 0 saturated heterocycles. The summed E-state index contributed by atoms with van der Waals surface area (Å²) in [5.74, 6) is 2.37. The molecule has 1 unspecified atom stereocenters. The second-order valence-electron chi connectivity index (χ2n) is 13.6. The molecular formula is C48H35NO2. The summed E-state index contributed by atoms with van der Waals surface area (Å²) in [6, 6.07) is 51.8. The van der Waals surface area contributed by atoms with Crippen molar-refractivity contribution >= 4 is 33.3 Å². The molecule has 3 heteroatoms. The van der Waals surface area contributed by atoms with Crippen LogP contribution in [0.25, 0.3) is 44.2 Å². The Balaban J connectivity index is 0.985. The van der Waals surface area contributed by atoms with E-state index in [0.29, 0.717) is 5.92 Å². The molecule has 0 fully saturated rings. The van der Waals surface area contributed by atoms with E-state index in [2.05, 4.69) is 163 Å². The molecule has 0 radical (unpaired) electrons. The van der Waals surface area contributed by atoms with Gasteiger partial charge in [-0.2, -0.15) is 0 Å². The molecule has 0 spiro atoms. The van der Waals surface area contributed by atoms with Crippen molar-refractivity contribution in [2.75, 3.05) is 4.90 Å². The molecule has 0 bridgehead atoms. The average molecular weight is 658 g/mol. The molecule has 1 atom stereocenters. The predicted octanol–water partition coefficient (Wildman–Crippen LogP) is 13.1. The van der Waals surface area contributed by atoms with E-state index in [0.717, 1.165) is 64.1 Å². The van der Waals surface area contributed by atoms with Crippen LogP contribution >= 0.6 is 0 Å². The summed E-state index contributed by atoms with van der Waals surface area (Å²) in [5, 5.41) is 2.29. The molecule has 0 amide bonds. The van der Waals surface area contributed by atoms with E-state index in [1.807, 2.05) is 12.1 Å². The van der Waals surface area contributed by atoms with Crippen molar-refractivity contribution in [1.29, 1.82) is 0 Å². The van der Waals surface area contributed by atoms with E-state index >= 15 is 0 Å². The van der Waals surface area contributed by atoms with Crippen molar-refractivity contribution < 1.29 is 9.15 Å². The highest BCUT2D eigenvalue weighted by Crippen LogP contribution is 2.48. The molecule has 10 rings (SSSR count). The maximum atomic E-state index is 6.17. The first-order valence-corrected chi connectivity index (χ1v) is 17.8. The van der Waals surface area contributed by atoms with Crippen LogP contribution in [0.4, 0.5) is 11.4 Å². The number of fused-ring (bicyclic) bond motifs is 6. The van der Waals surface area contributed by atoms with Crippen LogP contribution in [0.5, 0.6) is 5.75 Å². The fraction of sp³-hybridized carbons (Fsp3) is 0.0833. The lowest BCUT2D eigenvalue weighted by Crippen LogP contribution is -2.18. The third-order valence-electron chi connectivity index (χ3n) is 10.6. The molecule has 7 aromatic rings. The molecule has 1 aromatic heterocycles. The highest BCUT2D eigenvalue weighted by molar-refractivity contribution is 6.06. The minimum Gasteiger partial charge on any atom is -0.461 e. The van der Waals surface area contributed by atoms with Gasteiger partial charge in [0.05, 0.1) is 0 Å².